The Morgan fingerprint density at radius 3 is 2.20 bits per heavy atom. The lowest BCUT2D eigenvalue weighted by molar-refractivity contribution is 0.709. The van der Waals surface area contributed by atoms with Gasteiger partial charge < -0.3 is 4.90 Å². The monoisotopic (exact) mass is 391 g/mol. The first-order valence-corrected chi connectivity index (χ1v) is 10.4. The molecular weight excluding hydrogens is 366 g/mol. The van der Waals surface area contributed by atoms with Crippen molar-refractivity contribution in [2.24, 2.45) is 5.10 Å². The summed E-state index contributed by atoms with van der Waals surface area (Å²) < 4.78 is 0. The molecule has 1 atom stereocenters. The van der Waals surface area contributed by atoms with Gasteiger partial charge in [-0.1, -0.05) is 66.7 Å². The van der Waals surface area contributed by atoms with E-state index >= 15 is 0 Å². The highest BCUT2D eigenvalue weighted by atomic mass is 15.5. The van der Waals surface area contributed by atoms with E-state index in [0.29, 0.717) is 0 Å². The molecule has 148 valence electrons. The van der Waals surface area contributed by atoms with Crippen LogP contribution in [0.3, 0.4) is 0 Å². The molecule has 30 heavy (non-hydrogen) atoms. The predicted molar refractivity (Wildman–Crippen MR) is 128 cm³/mol. The molecule has 1 heterocycles. The molecule has 0 fully saturated rings. The number of hydrogen-bond donors (Lipinski definition) is 0. The lowest BCUT2D eigenvalue weighted by atomic mass is 9.96. The van der Waals surface area contributed by atoms with Crippen LogP contribution in [0.25, 0.3) is 10.8 Å². The van der Waals surface area contributed by atoms with Gasteiger partial charge in [-0.05, 0) is 52.2 Å². The SMILES string of the molecule is CN(C)c1ccc([C@@H]2CC(c3ccc4ccccc4c3)=NN2c2ccccc2)cc1. The highest BCUT2D eigenvalue weighted by Crippen LogP contribution is 2.37. The minimum Gasteiger partial charge on any atom is -0.378 e. The topological polar surface area (TPSA) is 18.8 Å². The van der Waals surface area contributed by atoms with Crippen LogP contribution in [0.2, 0.25) is 0 Å². The third-order valence-electron chi connectivity index (χ3n) is 5.81. The number of hydrazone groups is 1. The van der Waals surface area contributed by atoms with Gasteiger partial charge in [-0.25, -0.2) is 0 Å². The van der Waals surface area contributed by atoms with Crippen molar-refractivity contribution in [3.05, 3.63) is 108 Å². The minimum absolute atomic E-state index is 0.185. The first-order valence-electron chi connectivity index (χ1n) is 10.4. The average molecular weight is 392 g/mol. The maximum atomic E-state index is 5.09. The lowest BCUT2D eigenvalue weighted by Crippen LogP contribution is -2.18. The molecule has 4 aromatic carbocycles. The molecule has 0 saturated heterocycles. The first-order chi connectivity index (χ1) is 14.7. The third-order valence-corrected chi connectivity index (χ3v) is 5.81. The Morgan fingerprint density at radius 2 is 1.47 bits per heavy atom. The van der Waals surface area contributed by atoms with Crippen LogP contribution < -0.4 is 9.91 Å². The Bertz CT molecular complexity index is 1190. The van der Waals surface area contributed by atoms with E-state index in [-0.39, 0.29) is 6.04 Å². The van der Waals surface area contributed by atoms with Crippen molar-refractivity contribution in [2.75, 3.05) is 24.0 Å². The zero-order valence-electron chi connectivity index (χ0n) is 17.4. The van der Waals surface area contributed by atoms with Crippen molar-refractivity contribution < 1.29 is 0 Å². The number of nitrogens with zero attached hydrogens (tertiary/aromatic N) is 3. The van der Waals surface area contributed by atoms with Crippen LogP contribution >= 0.6 is 0 Å². The number of fused-ring (bicyclic) bond motifs is 1. The zero-order valence-corrected chi connectivity index (χ0v) is 17.4. The number of benzene rings is 4. The normalized spacial score (nSPS) is 16.0. The summed E-state index contributed by atoms with van der Waals surface area (Å²) in [6.07, 6.45) is 0.883. The van der Waals surface area contributed by atoms with Gasteiger partial charge in [0.25, 0.3) is 0 Å². The van der Waals surface area contributed by atoms with Crippen LogP contribution in [-0.2, 0) is 0 Å². The molecule has 4 aromatic rings. The van der Waals surface area contributed by atoms with E-state index in [4.69, 9.17) is 5.10 Å². The molecule has 0 unspecified atom stereocenters. The van der Waals surface area contributed by atoms with Crippen molar-refractivity contribution in [1.29, 1.82) is 0 Å². The highest BCUT2D eigenvalue weighted by Gasteiger charge is 2.30. The van der Waals surface area contributed by atoms with Gasteiger partial charge in [0, 0.05) is 26.2 Å². The predicted octanol–water partition coefficient (Wildman–Crippen LogP) is 6.26. The van der Waals surface area contributed by atoms with E-state index in [0.717, 1.165) is 17.8 Å². The van der Waals surface area contributed by atoms with Crippen molar-refractivity contribution in [3.63, 3.8) is 0 Å². The number of para-hydroxylation sites is 1. The lowest BCUT2D eigenvalue weighted by Gasteiger charge is -2.24. The van der Waals surface area contributed by atoms with Crippen molar-refractivity contribution in [2.45, 2.75) is 12.5 Å². The Hall–Kier alpha value is -3.59. The van der Waals surface area contributed by atoms with Gasteiger partial charge in [0.05, 0.1) is 17.4 Å². The molecule has 3 heteroatoms. The standard InChI is InChI=1S/C27H25N3/c1-29(2)24-16-14-21(15-17-24)27-19-26(28-30(27)25-10-4-3-5-11-25)23-13-12-20-8-6-7-9-22(20)18-23/h3-18,27H,19H2,1-2H3/t27-/m0/s1. The summed E-state index contributed by atoms with van der Waals surface area (Å²) in [6, 6.07) is 34.6. The molecule has 0 spiro atoms. The molecule has 0 aliphatic carbocycles. The van der Waals surface area contributed by atoms with Crippen molar-refractivity contribution >= 4 is 27.9 Å². The molecule has 0 radical (unpaired) electrons. The molecule has 1 aliphatic heterocycles. The summed E-state index contributed by atoms with van der Waals surface area (Å²) in [5.74, 6) is 0. The van der Waals surface area contributed by atoms with Crippen molar-refractivity contribution in [1.82, 2.24) is 0 Å². The highest BCUT2D eigenvalue weighted by molar-refractivity contribution is 6.05. The molecular formula is C27H25N3. The minimum atomic E-state index is 0.185. The van der Waals surface area contributed by atoms with E-state index in [2.05, 4.69) is 121 Å². The molecule has 0 N–H and O–H groups in total. The smallest absolute Gasteiger partial charge is 0.0831 e. The maximum absolute atomic E-state index is 5.09. The van der Waals surface area contributed by atoms with Gasteiger partial charge >= 0.3 is 0 Å². The van der Waals surface area contributed by atoms with Gasteiger partial charge in [-0.2, -0.15) is 5.10 Å². The van der Waals surface area contributed by atoms with Crippen LogP contribution in [0.15, 0.2) is 102 Å². The summed E-state index contributed by atoms with van der Waals surface area (Å²) in [5, 5.41) is 9.78. The fourth-order valence-electron chi connectivity index (χ4n) is 4.13. The third kappa shape index (κ3) is 3.43. The summed E-state index contributed by atoms with van der Waals surface area (Å²) in [5.41, 5.74) is 5.94. The van der Waals surface area contributed by atoms with Crippen LogP contribution in [0, 0.1) is 0 Å². The maximum Gasteiger partial charge on any atom is 0.0831 e. The molecule has 0 bridgehead atoms. The first kappa shape index (κ1) is 18.4. The van der Waals surface area contributed by atoms with Crippen LogP contribution in [0.5, 0.6) is 0 Å². The fourth-order valence-corrected chi connectivity index (χ4v) is 4.13. The Labute approximate surface area is 177 Å². The van der Waals surface area contributed by atoms with Gasteiger partial charge in [0.2, 0.25) is 0 Å². The van der Waals surface area contributed by atoms with E-state index in [1.54, 1.807) is 0 Å². The van der Waals surface area contributed by atoms with Crippen molar-refractivity contribution in [3.8, 4) is 0 Å². The largest absolute Gasteiger partial charge is 0.378 e. The molecule has 1 aliphatic rings. The number of hydrogen-bond acceptors (Lipinski definition) is 3. The summed E-state index contributed by atoms with van der Waals surface area (Å²) in [7, 11) is 4.14. The van der Waals surface area contributed by atoms with Gasteiger partial charge in [-0.15, -0.1) is 0 Å². The van der Waals surface area contributed by atoms with E-state index in [1.807, 2.05) is 0 Å². The number of anilines is 2. The Kier molecular flexibility index (Phi) is 4.72. The summed E-state index contributed by atoms with van der Waals surface area (Å²) in [4.78, 5) is 2.13. The summed E-state index contributed by atoms with van der Waals surface area (Å²) >= 11 is 0. The Morgan fingerprint density at radius 1 is 0.767 bits per heavy atom. The molecule has 0 saturated carbocycles. The second-order valence-corrected chi connectivity index (χ2v) is 7.99. The molecule has 0 amide bonds. The van der Waals surface area contributed by atoms with Gasteiger partial charge in [0.15, 0.2) is 0 Å². The second-order valence-electron chi connectivity index (χ2n) is 7.99. The van der Waals surface area contributed by atoms with E-state index in [1.165, 1.54) is 27.6 Å². The molecule has 3 nitrogen and oxygen atoms in total. The quantitative estimate of drug-likeness (QED) is 0.409. The average Bonchev–Trinajstić information content (AvgIpc) is 3.25. The number of rotatable bonds is 4. The fraction of sp³-hybridized carbons (Fsp3) is 0.148. The summed E-state index contributed by atoms with van der Waals surface area (Å²) in [6.45, 7) is 0. The van der Waals surface area contributed by atoms with Gasteiger partial charge in [0.1, 0.15) is 0 Å². The molecule has 0 aromatic heterocycles. The Balaban J connectivity index is 1.54. The van der Waals surface area contributed by atoms with Crippen LogP contribution in [0.1, 0.15) is 23.6 Å². The van der Waals surface area contributed by atoms with Crippen LogP contribution in [0.4, 0.5) is 11.4 Å². The second kappa shape index (κ2) is 7.68. The van der Waals surface area contributed by atoms with Gasteiger partial charge in [-0.3, -0.25) is 5.01 Å². The van der Waals surface area contributed by atoms with E-state index in [9.17, 15) is 0 Å². The van der Waals surface area contributed by atoms with E-state index < -0.39 is 0 Å². The zero-order chi connectivity index (χ0) is 20.5. The molecule has 5 rings (SSSR count). The van der Waals surface area contributed by atoms with Crippen LogP contribution in [-0.4, -0.2) is 19.8 Å².